The summed E-state index contributed by atoms with van der Waals surface area (Å²) in [7, 11) is 0. The molecule has 0 unspecified atom stereocenters. The van der Waals surface area contributed by atoms with Crippen molar-refractivity contribution in [3.8, 4) is 6.07 Å². The molecule has 1 aromatic heterocycles. The summed E-state index contributed by atoms with van der Waals surface area (Å²) in [6, 6.07) is 2.19. The molecule has 0 N–H and O–H groups in total. The minimum Gasteiger partial charge on any atom is -0.426 e. The first kappa shape index (κ1) is 34.9. The Bertz CT molecular complexity index is 1320. The number of carbonyl (C=O) groups is 2. The van der Waals surface area contributed by atoms with Gasteiger partial charge in [-0.05, 0) is 85.5 Å². The van der Waals surface area contributed by atoms with Crippen LogP contribution in [0.5, 0.6) is 0 Å². The molecule has 238 valence electrons. The number of allylic oxidation sites excluding steroid dienone is 4. The van der Waals surface area contributed by atoms with Crippen LogP contribution in [0, 0.1) is 56.7 Å². The second-order valence-electron chi connectivity index (χ2n) is 16.6. The lowest BCUT2D eigenvalue weighted by atomic mass is 9.42. The molecule has 4 atom stereocenters. The van der Waals surface area contributed by atoms with Gasteiger partial charge in [0.05, 0.1) is 5.57 Å². The first-order chi connectivity index (χ1) is 19.7. The number of hydrogen-bond acceptors (Lipinski definition) is 6. The van der Waals surface area contributed by atoms with Gasteiger partial charge < -0.3 is 4.42 Å². The van der Waals surface area contributed by atoms with E-state index in [1.807, 2.05) is 32.9 Å². The minimum atomic E-state index is -0.679. The smallest absolute Gasteiger partial charge is 0.217 e. The van der Waals surface area contributed by atoms with Crippen molar-refractivity contribution in [1.82, 2.24) is 10.2 Å². The maximum Gasteiger partial charge on any atom is 0.217 e. The lowest BCUT2D eigenvalue weighted by Crippen LogP contribution is -2.55. The molecule has 0 saturated heterocycles. The number of hydrogen-bond donors (Lipinski definition) is 0. The second kappa shape index (κ2) is 12.1. The van der Waals surface area contributed by atoms with Gasteiger partial charge in [-0.2, -0.15) is 5.26 Å². The SMILES string of the molecule is CCCC(C)(C)CC[C@@](C)(CCC(C)(C)[C@]1(C)CC[C@H]2C(C)(C)C(=O)C(C#N)=C[C@]2(C)/C1=C/C(C)=O)Cc1nnc(C)o1. The molecule has 0 aromatic carbocycles. The van der Waals surface area contributed by atoms with E-state index in [-0.39, 0.29) is 44.7 Å². The Balaban J connectivity index is 2.02. The highest BCUT2D eigenvalue weighted by Crippen LogP contribution is 2.67. The van der Waals surface area contributed by atoms with E-state index < -0.39 is 10.8 Å². The molecular weight excluding hydrogens is 534 g/mol. The lowest BCUT2D eigenvalue weighted by Gasteiger charge is -2.61. The standard InChI is InChI=1S/C37H57N3O3/c1-13-15-32(4,5)17-19-35(10,23-30-40-39-26(3)43-30)20-18-33(6,7)37(12)16-14-28-34(8,9)31(42)27(24-38)22-36(28,11)29(37)21-25(2)41/h21-22,28H,13-20,23H2,1-12H3/b29-21-/t28-,35-,36-,37+/m0/s1. The van der Waals surface area contributed by atoms with Crippen LogP contribution in [0.3, 0.4) is 0 Å². The summed E-state index contributed by atoms with van der Waals surface area (Å²) in [4.78, 5) is 26.1. The molecule has 6 nitrogen and oxygen atoms in total. The first-order valence-corrected chi connectivity index (χ1v) is 16.4. The Morgan fingerprint density at radius 2 is 1.70 bits per heavy atom. The molecule has 0 amide bonds. The van der Waals surface area contributed by atoms with E-state index in [0.717, 1.165) is 50.5 Å². The predicted molar refractivity (Wildman–Crippen MR) is 172 cm³/mol. The van der Waals surface area contributed by atoms with Gasteiger partial charge >= 0.3 is 0 Å². The van der Waals surface area contributed by atoms with Gasteiger partial charge in [0.15, 0.2) is 11.6 Å². The molecule has 0 bridgehead atoms. The van der Waals surface area contributed by atoms with E-state index in [1.54, 1.807) is 6.92 Å². The summed E-state index contributed by atoms with van der Waals surface area (Å²) >= 11 is 0. The van der Waals surface area contributed by atoms with Crippen LogP contribution in [0.25, 0.3) is 0 Å². The normalized spacial score (nSPS) is 28.2. The maximum atomic E-state index is 13.3. The highest BCUT2D eigenvalue weighted by molar-refractivity contribution is 6.04. The van der Waals surface area contributed by atoms with Crippen molar-refractivity contribution >= 4 is 11.6 Å². The zero-order chi connectivity index (χ0) is 32.6. The molecule has 43 heavy (non-hydrogen) atoms. The van der Waals surface area contributed by atoms with Crippen molar-refractivity contribution in [2.24, 2.45) is 38.4 Å². The van der Waals surface area contributed by atoms with Gasteiger partial charge in [0.2, 0.25) is 11.8 Å². The summed E-state index contributed by atoms with van der Waals surface area (Å²) < 4.78 is 5.88. The molecule has 0 aliphatic heterocycles. The molecule has 1 saturated carbocycles. The van der Waals surface area contributed by atoms with E-state index in [2.05, 4.69) is 71.7 Å². The molecule has 1 heterocycles. The summed E-state index contributed by atoms with van der Waals surface area (Å²) in [6.45, 7) is 25.9. The molecule has 2 aliphatic rings. The number of fused-ring (bicyclic) bond motifs is 1. The molecule has 0 radical (unpaired) electrons. The fourth-order valence-electron chi connectivity index (χ4n) is 8.52. The van der Waals surface area contributed by atoms with E-state index in [9.17, 15) is 14.9 Å². The number of carbonyl (C=O) groups excluding carboxylic acids is 2. The third kappa shape index (κ3) is 6.91. The Hall–Kier alpha value is -2.55. The molecular formula is C37H57N3O3. The third-order valence-electron chi connectivity index (χ3n) is 11.8. The molecule has 2 aliphatic carbocycles. The molecule has 1 fully saturated rings. The largest absolute Gasteiger partial charge is 0.426 e. The van der Waals surface area contributed by atoms with E-state index in [0.29, 0.717) is 11.8 Å². The lowest BCUT2D eigenvalue weighted by molar-refractivity contribution is -0.131. The summed E-state index contributed by atoms with van der Waals surface area (Å²) in [5.41, 5.74) is -0.188. The Kier molecular flexibility index (Phi) is 9.82. The maximum absolute atomic E-state index is 13.3. The van der Waals surface area contributed by atoms with Crippen molar-refractivity contribution in [2.45, 2.75) is 141 Å². The first-order valence-electron chi connectivity index (χ1n) is 16.4. The van der Waals surface area contributed by atoms with Crippen molar-refractivity contribution in [3.05, 3.63) is 35.1 Å². The van der Waals surface area contributed by atoms with Crippen molar-refractivity contribution in [2.75, 3.05) is 0 Å². The van der Waals surface area contributed by atoms with Crippen LogP contribution in [0.4, 0.5) is 0 Å². The number of aromatic nitrogens is 2. The number of Topliss-reactive ketones (excluding diaryl/α,β-unsaturated/α-hetero) is 1. The average molecular weight is 592 g/mol. The van der Waals surface area contributed by atoms with E-state index >= 15 is 0 Å². The molecule has 6 heteroatoms. The van der Waals surface area contributed by atoms with Gasteiger partial charge in [-0.3, -0.25) is 9.59 Å². The van der Waals surface area contributed by atoms with E-state index in [4.69, 9.17) is 4.42 Å². The van der Waals surface area contributed by atoms with Gasteiger partial charge in [0.25, 0.3) is 0 Å². The van der Waals surface area contributed by atoms with Crippen LogP contribution in [0.1, 0.15) is 139 Å². The number of nitriles is 1. The van der Waals surface area contributed by atoms with Crippen molar-refractivity contribution in [1.29, 1.82) is 5.26 Å². The number of aryl methyl sites for hydroxylation is 1. The van der Waals surface area contributed by atoms with Gasteiger partial charge in [0.1, 0.15) is 6.07 Å². The number of rotatable bonds is 12. The number of nitrogens with zero attached hydrogens (tertiary/aromatic N) is 3. The summed E-state index contributed by atoms with van der Waals surface area (Å²) in [6.07, 6.45) is 12.7. The monoisotopic (exact) mass is 591 g/mol. The highest BCUT2D eigenvalue weighted by atomic mass is 16.4. The topological polar surface area (TPSA) is 96.8 Å². The summed E-state index contributed by atoms with van der Waals surface area (Å²) in [5.74, 6) is 1.24. The van der Waals surface area contributed by atoms with Gasteiger partial charge in [-0.25, -0.2) is 0 Å². The quantitative estimate of drug-likeness (QED) is 0.225. The fourth-order valence-corrected chi connectivity index (χ4v) is 8.52. The Labute approximate surface area is 261 Å². The van der Waals surface area contributed by atoms with E-state index in [1.165, 1.54) is 12.8 Å². The van der Waals surface area contributed by atoms with Gasteiger partial charge in [-0.15, -0.1) is 10.2 Å². The highest BCUT2D eigenvalue weighted by Gasteiger charge is 2.61. The van der Waals surface area contributed by atoms with Gasteiger partial charge in [0, 0.05) is 24.2 Å². The van der Waals surface area contributed by atoms with Crippen molar-refractivity contribution in [3.63, 3.8) is 0 Å². The Morgan fingerprint density at radius 1 is 1.07 bits per heavy atom. The summed E-state index contributed by atoms with van der Waals surface area (Å²) in [5, 5.41) is 18.4. The van der Waals surface area contributed by atoms with Crippen molar-refractivity contribution < 1.29 is 14.0 Å². The predicted octanol–water partition coefficient (Wildman–Crippen LogP) is 9.34. The van der Waals surface area contributed by atoms with Crippen LogP contribution in [0.15, 0.2) is 27.7 Å². The van der Waals surface area contributed by atoms with Crippen LogP contribution >= 0.6 is 0 Å². The van der Waals surface area contributed by atoms with Crippen LogP contribution in [0.2, 0.25) is 0 Å². The Morgan fingerprint density at radius 3 is 2.23 bits per heavy atom. The van der Waals surface area contributed by atoms with Crippen LogP contribution in [-0.4, -0.2) is 21.8 Å². The van der Waals surface area contributed by atoms with Crippen LogP contribution < -0.4 is 0 Å². The van der Waals surface area contributed by atoms with Crippen LogP contribution in [-0.2, 0) is 16.0 Å². The zero-order valence-corrected chi connectivity index (χ0v) is 29.2. The second-order valence-corrected chi connectivity index (χ2v) is 16.6. The fraction of sp³-hybridized carbons (Fsp3) is 0.757. The minimum absolute atomic E-state index is 0.00951. The zero-order valence-electron chi connectivity index (χ0n) is 29.2. The average Bonchev–Trinajstić information content (AvgIpc) is 3.30. The third-order valence-corrected chi connectivity index (χ3v) is 11.8. The van der Waals surface area contributed by atoms with Gasteiger partial charge in [-0.1, -0.05) is 87.3 Å². The molecule has 3 rings (SSSR count). The molecule has 0 spiro atoms. The number of ketones is 2. The molecule has 1 aromatic rings.